The van der Waals surface area contributed by atoms with Crippen LogP contribution in [0.5, 0.6) is 0 Å². The Bertz CT molecular complexity index is 527. The number of benzene rings is 1. The highest BCUT2D eigenvalue weighted by Crippen LogP contribution is 2.39. The molecule has 1 aromatic carbocycles. The lowest BCUT2D eigenvalue weighted by atomic mass is 9.85. The standard InChI is InChI=1S/C14H16BrN/c1-2-9-5-3-6-10-11-7-4-8-12(15)14(11)16-13(9)10/h4,7-9,16H,2-3,5-6H2,1H3. The van der Waals surface area contributed by atoms with Crippen molar-refractivity contribution >= 4 is 26.8 Å². The molecule has 0 spiro atoms. The van der Waals surface area contributed by atoms with E-state index in [1.807, 2.05) is 0 Å². The summed E-state index contributed by atoms with van der Waals surface area (Å²) < 4.78 is 1.19. The zero-order chi connectivity index (χ0) is 11.1. The second kappa shape index (κ2) is 3.92. The quantitative estimate of drug-likeness (QED) is 0.774. The molecule has 0 amide bonds. The highest BCUT2D eigenvalue weighted by atomic mass is 79.9. The normalized spacial score (nSPS) is 20.0. The van der Waals surface area contributed by atoms with Gasteiger partial charge in [0.25, 0.3) is 0 Å². The number of rotatable bonds is 1. The Balaban J connectivity index is 2.28. The van der Waals surface area contributed by atoms with Gasteiger partial charge in [0, 0.05) is 15.6 Å². The van der Waals surface area contributed by atoms with E-state index in [-0.39, 0.29) is 0 Å². The zero-order valence-corrected chi connectivity index (χ0v) is 11.1. The molecule has 0 saturated carbocycles. The molecule has 1 heterocycles. The predicted molar refractivity (Wildman–Crippen MR) is 72.0 cm³/mol. The van der Waals surface area contributed by atoms with Gasteiger partial charge in [0.1, 0.15) is 0 Å². The van der Waals surface area contributed by atoms with E-state index in [9.17, 15) is 0 Å². The van der Waals surface area contributed by atoms with Crippen LogP contribution in [0.1, 0.15) is 43.4 Å². The van der Waals surface area contributed by atoms with Crippen molar-refractivity contribution in [2.45, 2.75) is 38.5 Å². The van der Waals surface area contributed by atoms with Gasteiger partial charge in [-0.15, -0.1) is 0 Å². The van der Waals surface area contributed by atoms with Gasteiger partial charge in [0.2, 0.25) is 0 Å². The molecule has 1 aromatic heterocycles. The highest BCUT2D eigenvalue weighted by Gasteiger charge is 2.23. The summed E-state index contributed by atoms with van der Waals surface area (Å²) in [5.41, 5.74) is 4.35. The van der Waals surface area contributed by atoms with Gasteiger partial charge in [0.15, 0.2) is 0 Å². The number of nitrogens with one attached hydrogen (secondary N) is 1. The molecule has 1 nitrogen and oxygen atoms in total. The van der Waals surface area contributed by atoms with Crippen molar-refractivity contribution in [1.29, 1.82) is 0 Å². The van der Waals surface area contributed by atoms with Gasteiger partial charge in [-0.2, -0.15) is 0 Å². The van der Waals surface area contributed by atoms with Gasteiger partial charge >= 0.3 is 0 Å². The molecule has 16 heavy (non-hydrogen) atoms. The van der Waals surface area contributed by atoms with Crippen LogP contribution in [0.25, 0.3) is 10.9 Å². The van der Waals surface area contributed by atoms with Crippen molar-refractivity contribution < 1.29 is 0 Å². The van der Waals surface area contributed by atoms with Gasteiger partial charge in [-0.1, -0.05) is 19.1 Å². The van der Waals surface area contributed by atoms with Crippen LogP contribution in [-0.2, 0) is 6.42 Å². The zero-order valence-electron chi connectivity index (χ0n) is 9.52. The summed E-state index contributed by atoms with van der Waals surface area (Å²) in [6, 6.07) is 6.49. The molecular weight excluding hydrogens is 262 g/mol. The van der Waals surface area contributed by atoms with Crippen LogP contribution >= 0.6 is 15.9 Å². The van der Waals surface area contributed by atoms with Gasteiger partial charge in [-0.25, -0.2) is 0 Å². The van der Waals surface area contributed by atoms with E-state index < -0.39 is 0 Å². The first-order valence-electron chi connectivity index (χ1n) is 6.10. The Hall–Kier alpha value is -0.760. The van der Waals surface area contributed by atoms with Crippen LogP contribution in [-0.4, -0.2) is 4.98 Å². The first-order valence-corrected chi connectivity index (χ1v) is 6.89. The van der Waals surface area contributed by atoms with Crippen molar-refractivity contribution in [2.75, 3.05) is 0 Å². The van der Waals surface area contributed by atoms with E-state index in [1.165, 1.54) is 46.8 Å². The van der Waals surface area contributed by atoms with E-state index in [4.69, 9.17) is 0 Å². The SMILES string of the molecule is CCC1CCCc2c1[nH]c1c(Br)cccc21. The smallest absolute Gasteiger partial charge is 0.0603 e. The largest absolute Gasteiger partial charge is 0.357 e. The molecule has 3 rings (SSSR count). The van der Waals surface area contributed by atoms with Gasteiger partial charge < -0.3 is 4.98 Å². The van der Waals surface area contributed by atoms with E-state index >= 15 is 0 Å². The van der Waals surface area contributed by atoms with Gasteiger partial charge in [-0.3, -0.25) is 0 Å². The van der Waals surface area contributed by atoms with E-state index in [0.29, 0.717) is 0 Å². The van der Waals surface area contributed by atoms with E-state index in [1.54, 1.807) is 5.56 Å². The van der Waals surface area contributed by atoms with E-state index in [0.717, 1.165) is 5.92 Å². The number of H-pyrrole nitrogens is 1. The number of halogens is 1. The Morgan fingerprint density at radius 2 is 2.31 bits per heavy atom. The predicted octanol–water partition coefficient (Wildman–Crippen LogP) is 4.76. The summed E-state index contributed by atoms with van der Waals surface area (Å²) in [6.45, 7) is 2.29. The van der Waals surface area contributed by atoms with Gasteiger partial charge in [-0.05, 0) is 59.2 Å². The number of aromatic amines is 1. The number of fused-ring (bicyclic) bond motifs is 3. The van der Waals surface area contributed by atoms with Crippen LogP contribution in [0.3, 0.4) is 0 Å². The lowest BCUT2D eigenvalue weighted by Gasteiger charge is -2.20. The first kappa shape index (κ1) is 10.4. The lowest BCUT2D eigenvalue weighted by molar-refractivity contribution is 0.532. The van der Waals surface area contributed by atoms with Crippen LogP contribution in [0.4, 0.5) is 0 Å². The summed E-state index contributed by atoms with van der Waals surface area (Å²) in [7, 11) is 0. The number of aromatic nitrogens is 1. The summed E-state index contributed by atoms with van der Waals surface area (Å²) >= 11 is 3.63. The van der Waals surface area contributed by atoms with E-state index in [2.05, 4.69) is 46.0 Å². The fraction of sp³-hybridized carbons (Fsp3) is 0.429. The maximum atomic E-state index is 3.64. The van der Waals surface area contributed by atoms with Crippen LogP contribution in [0, 0.1) is 0 Å². The Labute approximate surface area is 104 Å². The molecule has 1 unspecified atom stereocenters. The van der Waals surface area contributed by atoms with Crippen molar-refractivity contribution in [3.63, 3.8) is 0 Å². The van der Waals surface area contributed by atoms with Crippen LogP contribution in [0.2, 0.25) is 0 Å². The maximum absolute atomic E-state index is 3.64. The second-order valence-electron chi connectivity index (χ2n) is 4.68. The van der Waals surface area contributed by atoms with Crippen LogP contribution < -0.4 is 0 Å². The minimum Gasteiger partial charge on any atom is -0.357 e. The molecule has 0 fully saturated rings. The number of hydrogen-bond donors (Lipinski definition) is 1. The summed E-state index contributed by atoms with van der Waals surface area (Å²) in [5, 5.41) is 1.42. The van der Waals surface area contributed by atoms with Gasteiger partial charge in [0.05, 0.1) is 5.52 Å². The van der Waals surface area contributed by atoms with Crippen molar-refractivity contribution in [1.82, 2.24) is 4.98 Å². The molecule has 2 heteroatoms. The molecular formula is C14H16BrN. The fourth-order valence-electron chi connectivity index (χ4n) is 2.95. The highest BCUT2D eigenvalue weighted by molar-refractivity contribution is 9.10. The Kier molecular flexibility index (Phi) is 2.55. The second-order valence-corrected chi connectivity index (χ2v) is 5.53. The number of para-hydroxylation sites is 1. The maximum Gasteiger partial charge on any atom is 0.0603 e. The van der Waals surface area contributed by atoms with Crippen molar-refractivity contribution in [3.8, 4) is 0 Å². The fourth-order valence-corrected chi connectivity index (χ4v) is 3.42. The molecule has 0 aliphatic heterocycles. The Morgan fingerprint density at radius 1 is 1.44 bits per heavy atom. The average Bonchev–Trinajstić information content (AvgIpc) is 2.69. The van der Waals surface area contributed by atoms with Crippen molar-refractivity contribution in [2.24, 2.45) is 0 Å². The topological polar surface area (TPSA) is 15.8 Å². The van der Waals surface area contributed by atoms with Crippen molar-refractivity contribution in [3.05, 3.63) is 33.9 Å². The molecule has 1 N–H and O–H groups in total. The van der Waals surface area contributed by atoms with Crippen LogP contribution in [0.15, 0.2) is 22.7 Å². The molecule has 2 aromatic rings. The molecule has 1 atom stereocenters. The lowest BCUT2D eigenvalue weighted by Crippen LogP contribution is -2.07. The summed E-state index contributed by atoms with van der Waals surface area (Å²) in [5.74, 6) is 0.739. The minimum atomic E-state index is 0.739. The summed E-state index contributed by atoms with van der Waals surface area (Å²) in [4.78, 5) is 3.64. The molecule has 0 bridgehead atoms. The molecule has 0 radical (unpaired) electrons. The number of hydrogen-bond acceptors (Lipinski definition) is 0. The first-order chi connectivity index (χ1) is 7.81. The minimum absolute atomic E-state index is 0.739. The third-order valence-electron chi connectivity index (χ3n) is 3.80. The molecule has 84 valence electrons. The molecule has 0 saturated heterocycles. The average molecular weight is 278 g/mol. The summed E-state index contributed by atoms with van der Waals surface area (Å²) in [6.07, 6.45) is 5.17. The molecule has 1 aliphatic carbocycles. The molecule has 1 aliphatic rings. The third-order valence-corrected chi connectivity index (χ3v) is 4.46. The third kappa shape index (κ3) is 1.43. The number of aryl methyl sites for hydroxylation is 1. The Morgan fingerprint density at radius 3 is 3.12 bits per heavy atom. The monoisotopic (exact) mass is 277 g/mol.